The SMILES string of the molecule is CC(C)(C)C1=NC(C)(C)C(C(C)(C)C)=C2C[C@H](CO)CN12. The average molecular weight is 292 g/mol. The van der Waals surface area contributed by atoms with E-state index in [2.05, 4.69) is 60.3 Å². The normalized spacial score (nSPS) is 26.0. The highest BCUT2D eigenvalue weighted by atomic mass is 16.3. The Hall–Kier alpha value is -0.830. The Morgan fingerprint density at radius 1 is 1.14 bits per heavy atom. The summed E-state index contributed by atoms with van der Waals surface area (Å²) < 4.78 is 0. The quantitative estimate of drug-likeness (QED) is 0.797. The molecule has 0 unspecified atom stereocenters. The van der Waals surface area contributed by atoms with Crippen LogP contribution in [0.25, 0.3) is 0 Å². The van der Waals surface area contributed by atoms with Gasteiger partial charge in [0.15, 0.2) is 0 Å². The van der Waals surface area contributed by atoms with Gasteiger partial charge in [0.25, 0.3) is 0 Å². The number of rotatable bonds is 1. The van der Waals surface area contributed by atoms with Gasteiger partial charge < -0.3 is 10.0 Å². The number of amidine groups is 1. The molecule has 2 aliphatic rings. The van der Waals surface area contributed by atoms with E-state index < -0.39 is 0 Å². The highest BCUT2D eigenvalue weighted by Crippen LogP contribution is 2.48. The fourth-order valence-electron chi connectivity index (χ4n) is 4.05. The molecular weight excluding hydrogens is 260 g/mol. The summed E-state index contributed by atoms with van der Waals surface area (Å²) in [6, 6.07) is 0. The minimum absolute atomic E-state index is 0.0241. The molecule has 2 aliphatic heterocycles. The molecule has 0 radical (unpaired) electrons. The molecule has 0 aromatic carbocycles. The molecule has 1 N–H and O–H groups in total. The van der Waals surface area contributed by atoms with Crippen molar-refractivity contribution in [3.63, 3.8) is 0 Å². The van der Waals surface area contributed by atoms with Crippen LogP contribution in [0.3, 0.4) is 0 Å². The molecule has 1 saturated heterocycles. The van der Waals surface area contributed by atoms with Crippen LogP contribution in [-0.4, -0.2) is 34.5 Å². The number of aliphatic hydroxyl groups excluding tert-OH is 1. The van der Waals surface area contributed by atoms with Gasteiger partial charge in [0, 0.05) is 30.2 Å². The number of fused-ring (bicyclic) bond motifs is 1. The zero-order valence-electron chi connectivity index (χ0n) is 15.0. The third-order valence-electron chi connectivity index (χ3n) is 4.47. The molecule has 1 fully saturated rings. The Labute approximate surface area is 130 Å². The zero-order chi connectivity index (χ0) is 16.2. The summed E-state index contributed by atoms with van der Waals surface area (Å²) in [4.78, 5) is 7.54. The molecule has 0 aromatic rings. The van der Waals surface area contributed by atoms with Crippen LogP contribution in [0.4, 0.5) is 0 Å². The summed E-state index contributed by atoms with van der Waals surface area (Å²) in [5.74, 6) is 1.50. The van der Waals surface area contributed by atoms with Gasteiger partial charge in [-0.05, 0) is 31.3 Å². The first-order valence-corrected chi connectivity index (χ1v) is 8.11. The molecule has 1 atom stereocenters. The van der Waals surface area contributed by atoms with Crippen LogP contribution in [-0.2, 0) is 0 Å². The van der Waals surface area contributed by atoms with Gasteiger partial charge in [0.1, 0.15) is 5.84 Å². The molecule has 120 valence electrons. The predicted octanol–water partition coefficient (Wildman–Crippen LogP) is 3.84. The summed E-state index contributed by atoms with van der Waals surface area (Å²) in [5.41, 5.74) is 2.78. The number of aliphatic imine (C=N–C) groups is 1. The van der Waals surface area contributed by atoms with Crippen molar-refractivity contribution in [3.8, 4) is 0 Å². The van der Waals surface area contributed by atoms with E-state index in [-0.39, 0.29) is 23.0 Å². The van der Waals surface area contributed by atoms with Gasteiger partial charge in [-0.1, -0.05) is 41.5 Å². The van der Waals surface area contributed by atoms with Crippen LogP contribution in [0, 0.1) is 16.7 Å². The van der Waals surface area contributed by atoms with E-state index in [9.17, 15) is 5.11 Å². The van der Waals surface area contributed by atoms with Crippen LogP contribution in [0.2, 0.25) is 0 Å². The lowest BCUT2D eigenvalue weighted by molar-refractivity contribution is 0.231. The van der Waals surface area contributed by atoms with Gasteiger partial charge in [-0.25, -0.2) is 0 Å². The van der Waals surface area contributed by atoms with Gasteiger partial charge in [-0.15, -0.1) is 0 Å². The molecule has 2 heterocycles. The van der Waals surface area contributed by atoms with Crippen LogP contribution in [0.15, 0.2) is 16.3 Å². The van der Waals surface area contributed by atoms with E-state index in [1.54, 1.807) is 0 Å². The number of hydrogen-bond acceptors (Lipinski definition) is 3. The van der Waals surface area contributed by atoms with E-state index in [0.717, 1.165) is 13.0 Å². The molecule has 0 bridgehead atoms. The lowest BCUT2D eigenvalue weighted by atomic mass is 9.73. The second-order valence-electron chi connectivity index (χ2n) is 9.18. The van der Waals surface area contributed by atoms with E-state index in [4.69, 9.17) is 4.99 Å². The van der Waals surface area contributed by atoms with Gasteiger partial charge >= 0.3 is 0 Å². The summed E-state index contributed by atoms with van der Waals surface area (Å²) in [7, 11) is 0. The smallest absolute Gasteiger partial charge is 0.110 e. The van der Waals surface area contributed by atoms with E-state index in [1.165, 1.54) is 17.1 Å². The summed E-state index contributed by atoms with van der Waals surface area (Å²) in [6.45, 7) is 19.1. The van der Waals surface area contributed by atoms with Crippen molar-refractivity contribution in [1.29, 1.82) is 0 Å². The zero-order valence-corrected chi connectivity index (χ0v) is 15.0. The van der Waals surface area contributed by atoms with Crippen molar-refractivity contribution in [2.24, 2.45) is 21.7 Å². The highest BCUT2D eigenvalue weighted by molar-refractivity contribution is 5.91. The first kappa shape index (κ1) is 16.5. The third kappa shape index (κ3) is 2.90. The molecular formula is C18H32N2O. The van der Waals surface area contributed by atoms with Crippen molar-refractivity contribution in [2.45, 2.75) is 67.3 Å². The van der Waals surface area contributed by atoms with Gasteiger partial charge in [0.05, 0.1) is 5.54 Å². The molecule has 0 spiro atoms. The van der Waals surface area contributed by atoms with Crippen molar-refractivity contribution < 1.29 is 5.11 Å². The first-order chi connectivity index (χ1) is 9.38. The van der Waals surface area contributed by atoms with E-state index in [0.29, 0.717) is 5.92 Å². The molecule has 0 aliphatic carbocycles. The Bertz CT molecular complexity index is 486. The fourth-order valence-corrected chi connectivity index (χ4v) is 4.05. The highest BCUT2D eigenvalue weighted by Gasteiger charge is 2.46. The molecule has 0 amide bonds. The largest absolute Gasteiger partial charge is 0.396 e. The number of nitrogens with zero attached hydrogens (tertiary/aromatic N) is 2. The van der Waals surface area contributed by atoms with E-state index >= 15 is 0 Å². The van der Waals surface area contributed by atoms with Crippen LogP contribution < -0.4 is 0 Å². The molecule has 3 heteroatoms. The Morgan fingerprint density at radius 2 is 1.71 bits per heavy atom. The van der Waals surface area contributed by atoms with Crippen molar-refractivity contribution >= 4 is 5.84 Å². The lowest BCUT2D eigenvalue weighted by Crippen LogP contribution is -2.47. The summed E-state index contributed by atoms with van der Waals surface area (Å²) >= 11 is 0. The summed E-state index contributed by atoms with van der Waals surface area (Å²) in [5, 5.41) is 9.63. The average Bonchev–Trinajstić information content (AvgIpc) is 2.66. The summed E-state index contributed by atoms with van der Waals surface area (Å²) in [6.07, 6.45) is 0.974. The third-order valence-corrected chi connectivity index (χ3v) is 4.47. The Balaban J connectivity index is 2.61. The second kappa shape index (κ2) is 4.84. The Kier molecular flexibility index (Phi) is 3.81. The Morgan fingerprint density at radius 3 is 2.14 bits per heavy atom. The fraction of sp³-hybridized carbons (Fsp3) is 0.833. The van der Waals surface area contributed by atoms with Crippen molar-refractivity contribution in [2.75, 3.05) is 13.2 Å². The molecule has 3 nitrogen and oxygen atoms in total. The number of hydrogen-bond donors (Lipinski definition) is 1. The maximum absolute atomic E-state index is 9.63. The maximum Gasteiger partial charge on any atom is 0.110 e. The van der Waals surface area contributed by atoms with Crippen LogP contribution in [0.5, 0.6) is 0 Å². The maximum atomic E-state index is 9.63. The second-order valence-corrected chi connectivity index (χ2v) is 9.18. The minimum Gasteiger partial charge on any atom is -0.396 e. The number of allylic oxidation sites excluding steroid dienone is 1. The van der Waals surface area contributed by atoms with Crippen LogP contribution in [0.1, 0.15) is 61.8 Å². The molecule has 2 rings (SSSR count). The first-order valence-electron chi connectivity index (χ1n) is 8.11. The van der Waals surface area contributed by atoms with E-state index in [1.807, 2.05) is 0 Å². The monoisotopic (exact) mass is 292 g/mol. The minimum atomic E-state index is -0.170. The van der Waals surface area contributed by atoms with Crippen molar-refractivity contribution in [3.05, 3.63) is 11.3 Å². The van der Waals surface area contributed by atoms with Gasteiger partial charge in [0.2, 0.25) is 0 Å². The van der Waals surface area contributed by atoms with Crippen molar-refractivity contribution in [1.82, 2.24) is 4.90 Å². The molecule has 0 aromatic heterocycles. The predicted molar refractivity (Wildman–Crippen MR) is 89.3 cm³/mol. The van der Waals surface area contributed by atoms with Crippen LogP contribution >= 0.6 is 0 Å². The molecule has 21 heavy (non-hydrogen) atoms. The van der Waals surface area contributed by atoms with Gasteiger partial charge in [-0.3, -0.25) is 4.99 Å². The number of aliphatic hydroxyl groups is 1. The molecule has 0 saturated carbocycles. The standard InChI is InChI=1S/C18H32N2O/c1-16(2,3)14-13-9-12(11-21)10-20(13)15(17(4,5)6)19-18(14,7)8/h12,21H,9-11H2,1-8H3/t12-/m0/s1. The van der Waals surface area contributed by atoms with Gasteiger partial charge in [-0.2, -0.15) is 0 Å². The topological polar surface area (TPSA) is 35.8 Å². The lowest BCUT2D eigenvalue weighted by Gasteiger charge is -2.45.